The highest BCUT2D eigenvalue weighted by Gasteiger charge is 2.26. The molecule has 1 rings (SSSR count). The van der Waals surface area contributed by atoms with E-state index in [9.17, 15) is 4.39 Å². The summed E-state index contributed by atoms with van der Waals surface area (Å²) in [5, 5.41) is 0. The van der Waals surface area contributed by atoms with Crippen LogP contribution in [0.3, 0.4) is 0 Å². The molecule has 0 aliphatic heterocycles. The van der Waals surface area contributed by atoms with Crippen LogP contribution in [0.15, 0.2) is 24.3 Å². The van der Waals surface area contributed by atoms with Gasteiger partial charge in [-0.15, -0.1) is 0 Å². The molecule has 2 unspecified atom stereocenters. The van der Waals surface area contributed by atoms with Crippen molar-refractivity contribution in [3.63, 3.8) is 0 Å². The van der Waals surface area contributed by atoms with Crippen LogP contribution in [0.1, 0.15) is 77.3 Å². The zero-order valence-corrected chi connectivity index (χ0v) is 17.0. The van der Waals surface area contributed by atoms with E-state index in [-0.39, 0.29) is 3.92 Å². The number of halogens is 2. The SMILES string of the molecule is CC(CCCc1ccc(C(C)C)cc1)CCC(I)C(C)(C)F. The van der Waals surface area contributed by atoms with E-state index in [1.165, 1.54) is 24.0 Å². The normalized spacial score (nSPS) is 15.1. The number of alkyl halides is 2. The molecule has 1 aromatic rings. The lowest BCUT2D eigenvalue weighted by atomic mass is 9.93. The Bertz CT molecular complexity index is 416. The van der Waals surface area contributed by atoms with Gasteiger partial charge < -0.3 is 0 Å². The van der Waals surface area contributed by atoms with Crippen molar-refractivity contribution in [1.29, 1.82) is 0 Å². The zero-order chi connectivity index (χ0) is 16.8. The average Bonchev–Trinajstić information content (AvgIpc) is 2.44. The second-order valence-electron chi connectivity index (χ2n) is 7.50. The maximum Gasteiger partial charge on any atom is 0.117 e. The van der Waals surface area contributed by atoms with Gasteiger partial charge in [0, 0.05) is 3.92 Å². The monoisotopic (exact) mass is 418 g/mol. The van der Waals surface area contributed by atoms with E-state index >= 15 is 0 Å². The summed E-state index contributed by atoms with van der Waals surface area (Å²) in [6.07, 6.45) is 5.74. The van der Waals surface area contributed by atoms with Gasteiger partial charge in [0.25, 0.3) is 0 Å². The largest absolute Gasteiger partial charge is 0.243 e. The van der Waals surface area contributed by atoms with Gasteiger partial charge in [-0.3, -0.25) is 0 Å². The summed E-state index contributed by atoms with van der Waals surface area (Å²) < 4.78 is 13.9. The van der Waals surface area contributed by atoms with E-state index in [1.807, 2.05) is 0 Å². The van der Waals surface area contributed by atoms with Gasteiger partial charge in [0.2, 0.25) is 0 Å². The number of benzene rings is 1. The van der Waals surface area contributed by atoms with E-state index in [0.717, 1.165) is 19.3 Å². The highest BCUT2D eigenvalue weighted by molar-refractivity contribution is 14.1. The van der Waals surface area contributed by atoms with Gasteiger partial charge >= 0.3 is 0 Å². The molecule has 0 saturated carbocycles. The average molecular weight is 418 g/mol. The van der Waals surface area contributed by atoms with Gasteiger partial charge in [0.05, 0.1) is 0 Å². The standard InChI is InChI=1S/C20H32FI/c1-15(2)18-12-10-17(11-13-18)8-6-7-16(3)9-14-19(22)20(4,5)21/h10-13,15-16,19H,6-9,14H2,1-5H3. The lowest BCUT2D eigenvalue weighted by Gasteiger charge is -2.22. The molecule has 2 heteroatoms. The third-order valence-electron chi connectivity index (χ3n) is 4.47. The number of rotatable bonds is 9. The quantitative estimate of drug-likeness (QED) is 0.296. The smallest absolute Gasteiger partial charge is 0.117 e. The van der Waals surface area contributed by atoms with Gasteiger partial charge in [-0.2, -0.15) is 0 Å². The number of hydrogen-bond donors (Lipinski definition) is 0. The summed E-state index contributed by atoms with van der Waals surface area (Å²) in [5.41, 5.74) is 1.80. The summed E-state index contributed by atoms with van der Waals surface area (Å²) in [6, 6.07) is 9.06. The summed E-state index contributed by atoms with van der Waals surface area (Å²) in [4.78, 5) is 0. The summed E-state index contributed by atoms with van der Waals surface area (Å²) >= 11 is 2.26. The van der Waals surface area contributed by atoms with E-state index in [1.54, 1.807) is 13.8 Å². The molecular formula is C20H32FI. The molecular weight excluding hydrogens is 386 g/mol. The van der Waals surface area contributed by atoms with Crippen molar-refractivity contribution in [2.45, 2.75) is 82.2 Å². The molecule has 0 aliphatic rings. The van der Waals surface area contributed by atoms with Gasteiger partial charge in [-0.1, -0.05) is 74.0 Å². The minimum absolute atomic E-state index is 0.121. The van der Waals surface area contributed by atoms with Crippen molar-refractivity contribution in [3.8, 4) is 0 Å². The Morgan fingerprint density at radius 1 is 1.00 bits per heavy atom. The summed E-state index contributed by atoms with van der Waals surface area (Å²) in [5.74, 6) is 1.30. The second kappa shape index (κ2) is 9.24. The van der Waals surface area contributed by atoms with E-state index < -0.39 is 5.67 Å². The lowest BCUT2D eigenvalue weighted by Crippen LogP contribution is -2.26. The predicted octanol–water partition coefficient (Wildman–Crippen LogP) is 7.10. The molecule has 0 saturated heterocycles. The molecule has 0 spiro atoms. The molecule has 0 bridgehead atoms. The van der Waals surface area contributed by atoms with E-state index in [4.69, 9.17) is 0 Å². The molecule has 126 valence electrons. The fraction of sp³-hybridized carbons (Fsp3) is 0.700. The molecule has 0 aromatic heterocycles. The van der Waals surface area contributed by atoms with Crippen LogP contribution in [0.4, 0.5) is 4.39 Å². The minimum Gasteiger partial charge on any atom is -0.243 e. The molecule has 1 aromatic carbocycles. The van der Waals surface area contributed by atoms with Crippen LogP contribution in [-0.4, -0.2) is 9.59 Å². The molecule has 0 nitrogen and oxygen atoms in total. The van der Waals surface area contributed by atoms with Crippen molar-refractivity contribution in [3.05, 3.63) is 35.4 Å². The van der Waals surface area contributed by atoms with Crippen LogP contribution in [0.25, 0.3) is 0 Å². The first-order chi connectivity index (χ1) is 10.2. The van der Waals surface area contributed by atoms with Crippen LogP contribution < -0.4 is 0 Å². The Hall–Kier alpha value is -0.120. The number of hydrogen-bond acceptors (Lipinski definition) is 0. The van der Waals surface area contributed by atoms with E-state index in [0.29, 0.717) is 11.8 Å². The summed E-state index contributed by atoms with van der Waals surface area (Å²) in [6.45, 7) is 10.1. The first kappa shape index (κ1) is 19.9. The van der Waals surface area contributed by atoms with Crippen LogP contribution in [-0.2, 0) is 6.42 Å². The highest BCUT2D eigenvalue weighted by Crippen LogP contribution is 2.28. The minimum atomic E-state index is -1.06. The maximum atomic E-state index is 13.8. The zero-order valence-electron chi connectivity index (χ0n) is 14.8. The predicted molar refractivity (Wildman–Crippen MR) is 105 cm³/mol. The van der Waals surface area contributed by atoms with Crippen molar-refractivity contribution < 1.29 is 4.39 Å². The van der Waals surface area contributed by atoms with E-state index in [2.05, 4.69) is 67.6 Å². The van der Waals surface area contributed by atoms with Gasteiger partial charge in [0.1, 0.15) is 5.67 Å². The Morgan fingerprint density at radius 2 is 1.59 bits per heavy atom. The Morgan fingerprint density at radius 3 is 2.09 bits per heavy atom. The third-order valence-corrected chi connectivity index (χ3v) is 6.57. The van der Waals surface area contributed by atoms with Gasteiger partial charge in [-0.25, -0.2) is 4.39 Å². The molecule has 22 heavy (non-hydrogen) atoms. The molecule has 2 atom stereocenters. The van der Waals surface area contributed by atoms with Crippen molar-refractivity contribution in [2.75, 3.05) is 0 Å². The van der Waals surface area contributed by atoms with Crippen molar-refractivity contribution in [2.24, 2.45) is 5.92 Å². The molecule has 0 heterocycles. The molecule has 0 N–H and O–H groups in total. The van der Waals surface area contributed by atoms with Crippen LogP contribution in [0.2, 0.25) is 0 Å². The van der Waals surface area contributed by atoms with Crippen molar-refractivity contribution in [1.82, 2.24) is 0 Å². The maximum absolute atomic E-state index is 13.8. The topological polar surface area (TPSA) is 0 Å². The third kappa shape index (κ3) is 7.43. The van der Waals surface area contributed by atoms with Crippen LogP contribution >= 0.6 is 22.6 Å². The molecule has 0 amide bonds. The first-order valence-corrected chi connectivity index (χ1v) is 9.86. The first-order valence-electron chi connectivity index (χ1n) is 8.62. The molecule has 0 aliphatic carbocycles. The highest BCUT2D eigenvalue weighted by atomic mass is 127. The molecule has 0 fully saturated rings. The molecule has 0 radical (unpaired) electrons. The Balaban J connectivity index is 2.26. The number of aryl methyl sites for hydroxylation is 1. The van der Waals surface area contributed by atoms with Gasteiger partial charge in [-0.05, 0) is 62.5 Å². The Labute approximate surface area is 150 Å². The second-order valence-corrected chi connectivity index (χ2v) is 9.01. The van der Waals surface area contributed by atoms with Crippen LogP contribution in [0, 0.1) is 5.92 Å². The fourth-order valence-electron chi connectivity index (χ4n) is 2.64. The summed E-state index contributed by atoms with van der Waals surface area (Å²) in [7, 11) is 0. The fourth-order valence-corrected chi connectivity index (χ4v) is 3.00. The Kier molecular flexibility index (Phi) is 8.37. The lowest BCUT2D eigenvalue weighted by molar-refractivity contribution is 0.208. The van der Waals surface area contributed by atoms with Crippen molar-refractivity contribution >= 4 is 22.6 Å². The van der Waals surface area contributed by atoms with Gasteiger partial charge in [0.15, 0.2) is 0 Å². The van der Waals surface area contributed by atoms with Crippen LogP contribution in [0.5, 0.6) is 0 Å².